The topological polar surface area (TPSA) is 41.9 Å². The van der Waals surface area contributed by atoms with E-state index < -0.39 is 0 Å². The number of rotatable bonds is 6. The van der Waals surface area contributed by atoms with E-state index in [0.29, 0.717) is 33.4 Å². The van der Waals surface area contributed by atoms with Crippen LogP contribution >= 0.6 is 35.4 Å². The minimum atomic E-state index is 0.492. The lowest BCUT2D eigenvalue weighted by atomic mass is 9.99. The standard InChI is InChI=1S/C21H22Cl2N4S/c1-3-14(2)15-5-8-18(9-6-15)24-21(28)25-20-10-11-27(26-20)13-16-4-7-17(22)12-19(16)23/h4-12,14H,3,13H2,1-2H3,(H2,24,25,26,28). The van der Waals surface area contributed by atoms with Crippen LogP contribution in [-0.4, -0.2) is 14.9 Å². The molecule has 0 amide bonds. The molecule has 146 valence electrons. The van der Waals surface area contributed by atoms with Gasteiger partial charge in [-0.05, 0) is 59.9 Å². The molecule has 2 aromatic carbocycles. The van der Waals surface area contributed by atoms with E-state index in [4.69, 9.17) is 35.4 Å². The minimum absolute atomic E-state index is 0.492. The molecule has 3 rings (SSSR count). The Morgan fingerprint density at radius 1 is 1.11 bits per heavy atom. The van der Waals surface area contributed by atoms with Crippen LogP contribution in [0.4, 0.5) is 11.5 Å². The first-order valence-corrected chi connectivity index (χ1v) is 10.3. The second kappa shape index (κ2) is 9.41. The summed E-state index contributed by atoms with van der Waals surface area (Å²) in [4.78, 5) is 0. The second-order valence-electron chi connectivity index (χ2n) is 6.64. The highest BCUT2D eigenvalue weighted by atomic mass is 35.5. The summed E-state index contributed by atoms with van der Waals surface area (Å²) >= 11 is 17.6. The van der Waals surface area contributed by atoms with Crippen molar-refractivity contribution in [3.8, 4) is 0 Å². The molecular weight excluding hydrogens is 411 g/mol. The summed E-state index contributed by atoms with van der Waals surface area (Å²) in [7, 11) is 0. The van der Waals surface area contributed by atoms with E-state index in [9.17, 15) is 0 Å². The van der Waals surface area contributed by atoms with E-state index in [1.165, 1.54) is 5.56 Å². The van der Waals surface area contributed by atoms with Crippen molar-refractivity contribution in [2.75, 3.05) is 10.6 Å². The zero-order chi connectivity index (χ0) is 20.1. The third kappa shape index (κ3) is 5.47. The molecule has 0 radical (unpaired) electrons. The van der Waals surface area contributed by atoms with E-state index in [-0.39, 0.29) is 0 Å². The van der Waals surface area contributed by atoms with Crippen LogP contribution < -0.4 is 10.6 Å². The van der Waals surface area contributed by atoms with Crippen LogP contribution in [-0.2, 0) is 6.54 Å². The van der Waals surface area contributed by atoms with Gasteiger partial charge in [-0.3, -0.25) is 4.68 Å². The van der Waals surface area contributed by atoms with Crippen LogP contribution in [0.2, 0.25) is 10.0 Å². The number of halogens is 2. The van der Waals surface area contributed by atoms with Crippen molar-refractivity contribution in [2.24, 2.45) is 0 Å². The molecule has 0 bridgehead atoms. The van der Waals surface area contributed by atoms with Crippen LogP contribution in [0.15, 0.2) is 54.7 Å². The first-order valence-electron chi connectivity index (χ1n) is 9.10. The van der Waals surface area contributed by atoms with E-state index in [2.05, 4.69) is 41.7 Å². The number of hydrogen-bond donors (Lipinski definition) is 2. The fourth-order valence-corrected chi connectivity index (χ4v) is 3.44. The maximum absolute atomic E-state index is 6.23. The molecule has 2 N–H and O–H groups in total. The number of thiocarbonyl (C=S) groups is 1. The molecule has 0 aliphatic carbocycles. The molecule has 1 unspecified atom stereocenters. The second-order valence-corrected chi connectivity index (χ2v) is 7.90. The summed E-state index contributed by atoms with van der Waals surface area (Å²) in [6.45, 7) is 4.97. The molecule has 0 spiro atoms. The van der Waals surface area contributed by atoms with Gasteiger partial charge in [-0.15, -0.1) is 0 Å². The Balaban J connectivity index is 1.57. The molecule has 28 heavy (non-hydrogen) atoms. The molecular formula is C21H22Cl2N4S. The molecule has 1 atom stereocenters. The van der Waals surface area contributed by atoms with Crippen LogP contribution in [0, 0.1) is 0 Å². The van der Waals surface area contributed by atoms with Gasteiger partial charge in [-0.1, -0.05) is 55.2 Å². The van der Waals surface area contributed by atoms with E-state index in [0.717, 1.165) is 17.7 Å². The molecule has 4 nitrogen and oxygen atoms in total. The molecule has 0 aliphatic rings. The van der Waals surface area contributed by atoms with Crippen LogP contribution in [0.3, 0.4) is 0 Å². The number of nitrogens with zero attached hydrogens (tertiary/aromatic N) is 2. The quantitative estimate of drug-likeness (QED) is 0.432. The van der Waals surface area contributed by atoms with Gasteiger partial charge in [0.25, 0.3) is 0 Å². The first kappa shape index (κ1) is 20.6. The molecule has 0 aliphatic heterocycles. The lowest BCUT2D eigenvalue weighted by Gasteiger charge is -2.12. The highest BCUT2D eigenvalue weighted by molar-refractivity contribution is 7.80. The highest BCUT2D eigenvalue weighted by Crippen LogP contribution is 2.22. The highest BCUT2D eigenvalue weighted by Gasteiger charge is 2.07. The Labute approximate surface area is 180 Å². The van der Waals surface area contributed by atoms with Gasteiger partial charge in [0.15, 0.2) is 10.9 Å². The summed E-state index contributed by atoms with van der Waals surface area (Å²) in [6.07, 6.45) is 2.99. The van der Waals surface area contributed by atoms with E-state index in [1.54, 1.807) is 10.7 Å². The fraction of sp³-hybridized carbons (Fsp3) is 0.238. The summed E-state index contributed by atoms with van der Waals surface area (Å²) < 4.78 is 1.79. The van der Waals surface area contributed by atoms with Crippen molar-refractivity contribution in [3.63, 3.8) is 0 Å². The normalized spacial score (nSPS) is 11.9. The molecule has 0 fully saturated rings. The van der Waals surface area contributed by atoms with E-state index >= 15 is 0 Å². The van der Waals surface area contributed by atoms with Crippen LogP contribution in [0.1, 0.15) is 37.3 Å². The van der Waals surface area contributed by atoms with E-state index in [1.807, 2.05) is 36.5 Å². The van der Waals surface area contributed by atoms with Gasteiger partial charge in [0.05, 0.1) is 6.54 Å². The smallest absolute Gasteiger partial charge is 0.176 e. The summed E-state index contributed by atoms with van der Waals surface area (Å²) in [5.41, 5.74) is 3.21. The predicted octanol–water partition coefficient (Wildman–Crippen LogP) is 6.56. The van der Waals surface area contributed by atoms with Gasteiger partial charge in [-0.2, -0.15) is 5.10 Å². The Hall–Kier alpha value is -2.08. The zero-order valence-corrected chi connectivity index (χ0v) is 18.1. The number of aromatic nitrogens is 2. The van der Waals surface area contributed by atoms with Crippen molar-refractivity contribution in [1.29, 1.82) is 0 Å². The molecule has 1 heterocycles. The Kier molecular flexibility index (Phi) is 6.94. The summed E-state index contributed by atoms with van der Waals surface area (Å²) in [5, 5.41) is 12.5. The lowest BCUT2D eigenvalue weighted by Crippen LogP contribution is -2.19. The van der Waals surface area contributed by atoms with Gasteiger partial charge in [0.1, 0.15) is 0 Å². The number of nitrogens with one attached hydrogen (secondary N) is 2. The Morgan fingerprint density at radius 3 is 2.54 bits per heavy atom. The third-order valence-electron chi connectivity index (χ3n) is 4.58. The van der Waals surface area contributed by atoms with Crippen LogP contribution in [0.5, 0.6) is 0 Å². The van der Waals surface area contributed by atoms with Crippen molar-refractivity contribution in [2.45, 2.75) is 32.7 Å². The molecule has 1 aromatic heterocycles. The van der Waals surface area contributed by atoms with Crippen molar-refractivity contribution >= 4 is 52.0 Å². The first-order chi connectivity index (χ1) is 13.4. The van der Waals surface area contributed by atoms with Crippen molar-refractivity contribution in [1.82, 2.24) is 9.78 Å². The summed E-state index contributed by atoms with van der Waals surface area (Å²) in [6, 6.07) is 15.6. The van der Waals surface area contributed by atoms with Gasteiger partial charge >= 0.3 is 0 Å². The number of benzene rings is 2. The monoisotopic (exact) mass is 432 g/mol. The van der Waals surface area contributed by atoms with Crippen LogP contribution in [0.25, 0.3) is 0 Å². The lowest BCUT2D eigenvalue weighted by molar-refractivity contribution is 0.690. The largest absolute Gasteiger partial charge is 0.332 e. The average Bonchev–Trinajstić information content (AvgIpc) is 3.10. The zero-order valence-electron chi connectivity index (χ0n) is 15.7. The third-order valence-corrected chi connectivity index (χ3v) is 5.37. The average molecular weight is 433 g/mol. The fourth-order valence-electron chi connectivity index (χ4n) is 2.75. The molecule has 0 saturated heterocycles. The number of hydrogen-bond acceptors (Lipinski definition) is 2. The maximum atomic E-state index is 6.23. The van der Waals surface area contributed by atoms with Crippen molar-refractivity contribution in [3.05, 3.63) is 75.9 Å². The molecule has 7 heteroatoms. The molecule has 0 saturated carbocycles. The number of anilines is 2. The van der Waals surface area contributed by atoms with Crippen molar-refractivity contribution < 1.29 is 0 Å². The van der Waals surface area contributed by atoms with Gasteiger partial charge in [-0.25, -0.2) is 0 Å². The molecule has 3 aromatic rings. The maximum Gasteiger partial charge on any atom is 0.176 e. The Morgan fingerprint density at radius 2 is 1.86 bits per heavy atom. The SMILES string of the molecule is CCC(C)c1ccc(NC(=S)Nc2ccn(Cc3ccc(Cl)cc3Cl)n2)cc1. The Bertz CT molecular complexity index is 953. The summed E-state index contributed by atoms with van der Waals surface area (Å²) in [5.74, 6) is 1.22. The van der Waals surface area contributed by atoms with Gasteiger partial charge < -0.3 is 10.6 Å². The van der Waals surface area contributed by atoms with Gasteiger partial charge in [0.2, 0.25) is 0 Å². The van der Waals surface area contributed by atoms with Gasteiger partial charge in [0, 0.05) is 28.0 Å². The predicted molar refractivity (Wildman–Crippen MR) is 123 cm³/mol. The minimum Gasteiger partial charge on any atom is -0.332 e.